The molecule has 0 radical (unpaired) electrons. The van der Waals surface area contributed by atoms with Crippen LogP contribution < -0.4 is 5.32 Å². The Kier molecular flexibility index (Phi) is 5.52. The van der Waals surface area contributed by atoms with Gasteiger partial charge in [0.15, 0.2) is 0 Å². The number of nitrogens with one attached hydrogen (secondary N) is 1. The van der Waals surface area contributed by atoms with Crippen molar-refractivity contribution in [3.05, 3.63) is 23.5 Å². The van der Waals surface area contributed by atoms with E-state index in [2.05, 4.69) is 32.7 Å². The third kappa shape index (κ3) is 4.22. The van der Waals surface area contributed by atoms with E-state index in [0.717, 1.165) is 18.5 Å². The lowest BCUT2D eigenvalue weighted by Crippen LogP contribution is -2.11. The molecular formula is C11H21N. The SMILES string of the molecule is C=C(C)N/C(CCC)=C(\C)CC. The summed E-state index contributed by atoms with van der Waals surface area (Å²) in [5.41, 5.74) is 3.83. The first-order chi connectivity index (χ1) is 5.61. The summed E-state index contributed by atoms with van der Waals surface area (Å²) in [6, 6.07) is 0. The Morgan fingerprint density at radius 1 is 1.25 bits per heavy atom. The summed E-state index contributed by atoms with van der Waals surface area (Å²) < 4.78 is 0. The number of hydrogen-bond donors (Lipinski definition) is 1. The summed E-state index contributed by atoms with van der Waals surface area (Å²) in [5, 5.41) is 3.32. The zero-order valence-corrected chi connectivity index (χ0v) is 8.83. The minimum Gasteiger partial charge on any atom is -0.363 e. The van der Waals surface area contributed by atoms with Crippen LogP contribution in [0.5, 0.6) is 0 Å². The predicted octanol–water partition coefficient (Wildman–Crippen LogP) is 3.59. The molecule has 0 fully saturated rings. The lowest BCUT2D eigenvalue weighted by Gasteiger charge is -2.12. The summed E-state index contributed by atoms with van der Waals surface area (Å²) in [4.78, 5) is 0. The molecule has 1 nitrogen and oxygen atoms in total. The van der Waals surface area contributed by atoms with Gasteiger partial charge >= 0.3 is 0 Å². The molecule has 0 aromatic carbocycles. The Hall–Kier alpha value is -0.720. The molecule has 0 aliphatic carbocycles. The highest BCUT2D eigenvalue weighted by molar-refractivity contribution is 5.14. The third-order valence-corrected chi connectivity index (χ3v) is 1.91. The van der Waals surface area contributed by atoms with E-state index < -0.39 is 0 Å². The smallest absolute Gasteiger partial charge is 0.0137 e. The largest absolute Gasteiger partial charge is 0.363 e. The maximum atomic E-state index is 3.85. The summed E-state index contributed by atoms with van der Waals surface area (Å²) in [7, 11) is 0. The molecule has 70 valence electrons. The molecule has 12 heavy (non-hydrogen) atoms. The topological polar surface area (TPSA) is 12.0 Å². The molecule has 0 aromatic heterocycles. The van der Waals surface area contributed by atoms with Crippen LogP contribution in [0.2, 0.25) is 0 Å². The van der Waals surface area contributed by atoms with Crippen LogP contribution in [0.4, 0.5) is 0 Å². The van der Waals surface area contributed by atoms with E-state index in [1.165, 1.54) is 17.7 Å². The average Bonchev–Trinajstić information content (AvgIpc) is 2.01. The predicted molar refractivity (Wildman–Crippen MR) is 55.8 cm³/mol. The van der Waals surface area contributed by atoms with E-state index in [0.29, 0.717) is 0 Å². The fraction of sp³-hybridized carbons (Fsp3) is 0.636. The molecule has 0 rings (SSSR count). The van der Waals surface area contributed by atoms with E-state index in [1.54, 1.807) is 0 Å². The molecule has 0 aliphatic rings. The molecular weight excluding hydrogens is 146 g/mol. The van der Waals surface area contributed by atoms with Crippen molar-refractivity contribution < 1.29 is 0 Å². The highest BCUT2D eigenvalue weighted by Gasteiger charge is 1.99. The van der Waals surface area contributed by atoms with Crippen LogP contribution >= 0.6 is 0 Å². The van der Waals surface area contributed by atoms with Crippen molar-refractivity contribution in [2.75, 3.05) is 0 Å². The van der Waals surface area contributed by atoms with Crippen molar-refractivity contribution in [1.29, 1.82) is 0 Å². The lowest BCUT2D eigenvalue weighted by molar-refractivity contribution is 0.786. The summed E-state index contributed by atoms with van der Waals surface area (Å²) in [6.07, 6.45) is 3.44. The lowest BCUT2D eigenvalue weighted by atomic mass is 10.1. The normalized spacial score (nSPS) is 12.3. The molecule has 0 amide bonds. The second kappa shape index (κ2) is 5.87. The Morgan fingerprint density at radius 2 is 1.83 bits per heavy atom. The van der Waals surface area contributed by atoms with Crippen molar-refractivity contribution in [2.24, 2.45) is 0 Å². The molecule has 0 bridgehead atoms. The molecule has 0 aromatic rings. The van der Waals surface area contributed by atoms with Crippen LogP contribution in [0.25, 0.3) is 0 Å². The van der Waals surface area contributed by atoms with Gasteiger partial charge in [0.1, 0.15) is 0 Å². The van der Waals surface area contributed by atoms with Gasteiger partial charge in [0.25, 0.3) is 0 Å². The fourth-order valence-electron chi connectivity index (χ4n) is 1.10. The summed E-state index contributed by atoms with van der Waals surface area (Å²) in [6.45, 7) is 12.4. The van der Waals surface area contributed by atoms with E-state index in [4.69, 9.17) is 0 Å². The van der Waals surface area contributed by atoms with Gasteiger partial charge in [0.05, 0.1) is 0 Å². The summed E-state index contributed by atoms with van der Waals surface area (Å²) in [5.74, 6) is 0. The van der Waals surface area contributed by atoms with Crippen molar-refractivity contribution in [3.8, 4) is 0 Å². The number of rotatable bonds is 5. The van der Waals surface area contributed by atoms with Crippen molar-refractivity contribution in [3.63, 3.8) is 0 Å². The Labute approximate surface area is 76.6 Å². The van der Waals surface area contributed by atoms with E-state index >= 15 is 0 Å². The quantitative estimate of drug-likeness (QED) is 0.659. The average molecular weight is 167 g/mol. The second-order valence-electron chi connectivity index (χ2n) is 3.27. The summed E-state index contributed by atoms with van der Waals surface area (Å²) >= 11 is 0. The van der Waals surface area contributed by atoms with Crippen molar-refractivity contribution >= 4 is 0 Å². The Balaban J connectivity index is 4.31. The molecule has 0 atom stereocenters. The zero-order valence-electron chi connectivity index (χ0n) is 8.83. The molecule has 0 aliphatic heterocycles. The number of allylic oxidation sites excluding steroid dienone is 3. The van der Waals surface area contributed by atoms with E-state index in [-0.39, 0.29) is 0 Å². The maximum absolute atomic E-state index is 3.85. The van der Waals surface area contributed by atoms with Crippen LogP contribution in [0.15, 0.2) is 23.5 Å². The van der Waals surface area contributed by atoms with Crippen LogP contribution in [0.1, 0.15) is 47.0 Å². The van der Waals surface area contributed by atoms with E-state index in [1.807, 2.05) is 6.92 Å². The van der Waals surface area contributed by atoms with Crippen LogP contribution in [0, 0.1) is 0 Å². The van der Waals surface area contributed by atoms with Crippen LogP contribution in [-0.4, -0.2) is 0 Å². The molecule has 0 heterocycles. The molecule has 0 spiro atoms. The van der Waals surface area contributed by atoms with Crippen LogP contribution in [0.3, 0.4) is 0 Å². The third-order valence-electron chi connectivity index (χ3n) is 1.91. The van der Waals surface area contributed by atoms with Gasteiger partial charge in [0.2, 0.25) is 0 Å². The minimum absolute atomic E-state index is 1.03. The molecule has 1 N–H and O–H groups in total. The monoisotopic (exact) mass is 167 g/mol. The van der Waals surface area contributed by atoms with Gasteiger partial charge in [-0.3, -0.25) is 0 Å². The van der Waals surface area contributed by atoms with Crippen LogP contribution in [-0.2, 0) is 0 Å². The van der Waals surface area contributed by atoms with Gasteiger partial charge in [-0.1, -0.05) is 32.4 Å². The van der Waals surface area contributed by atoms with Gasteiger partial charge in [-0.15, -0.1) is 0 Å². The first-order valence-corrected chi connectivity index (χ1v) is 4.72. The van der Waals surface area contributed by atoms with Gasteiger partial charge < -0.3 is 5.32 Å². The van der Waals surface area contributed by atoms with Crippen molar-refractivity contribution in [1.82, 2.24) is 5.32 Å². The molecule has 1 heteroatoms. The van der Waals surface area contributed by atoms with E-state index in [9.17, 15) is 0 Å². The number of hydrogen-bond acceptors (Lipinski definition) is 1. The standard InChI is InChI=1S/C11H21N/c1-6-8-11(10(5)7-2)12-9(3)4/h12H,3,6-8H2,1-2,4-5H3/b11-10+. The maximum Gasteiger partial charge on any atom is 0.0137 e. The molecule has 0 saturated heterocycles. The molecule has 0 unspecified atom stereocenters. The van der Waals surface area contributed by atoms with Gasteiger partial charge in [-0.25, -0.2) is 0 Å². The fourth-order valence-corrected chi connectivity index (χ4v) is 1.10. The van der Waals surface area contributed by atoms with Gasteiger partial charge in [-0.05, 0) is 26.7 Å². The highest BCUT2D eigenvalue weighted by Crippen LogP contribution is 2.11. The Bertz CT molecular complexity index is 177. The van der Waals surface area contributed by atoms with Crippen molar-refractivity contribution in [2.45, 2.75) is 47.0 Å². The van der Waals surface area contributed by atoms with Gasteiger partial charge in [0, 0.05) is 11.4 Å². The zero-order chi connectivity index (χ0) is 9.56. The minimum atomic E-state index is 1.03. The second-order valence-corrected chi connectivity index (χ2v) is 3.27. The first kappa shape index (κ1) is 11.3. The molecule has 0 saturated carbocycles. The highest BCUT2D eigenvalue weighted by atomic mass is 14.9. The Morgan fingerprint density at radius 3 is 2.17 bits per heavy atom. The van der Waals surface area contributed by atoms with Gasteiger partial charge in [-0.2, -0.15) is 0 Å². The first-order valence-electron chi connectivity index (χ1n) is 4.72.